The average molecular weight is 370 g/mol. The number of rotatable bonds is 7. The Kier molecular flexibility index (Phi) is 6.93. The molecule has 27 heavy (non-hydrogen) atoms. The Hall–Kier alpha value is -2.27. The number of amides is 2. The van der Waals surface area contributed by atoms with E-state index in [-0.39, 0.29) is 12.1 Å². The maximum Gasteiger partial charge on any atom is 0.315 e. The van der Waals surface area contributed by atoms with Gasteiger partial charge in [0.1, 0.15) is 5.76 Å². The number of carbonyl (C=O) groups excluding carboxylic acids is 1. The molecule has 0 saturated carbocycles. The van der Waals surface area contributed by atoms with Gasteiger partial charge in [-0.2, -0.15) is 0 Å². The highest BCUT2D eigenvalue weighted by atomic mass is 16.3. The van der Waals surface area contributed by atoms with Crippen LogP contribution in [-0.2, 0) is 19.5 Å². The molecule has 0 radical (unpaired) electrons. The monoisotopic (exact) mass is 369 g/mol. The number of piperidine rings is 1. The van der Waals surface area contributed by atoms with E-state index in [1.165, 1.54) is 11.1 Å². The van der Waals surface area contributed by atoms with Crippen LogP contribution in [-0.4, -0.2) is 30.1 Å². The first kappa shape index (κ1) is 19.5. The van der Waals surface area contributed by atoms with Crippen molar-refractivity contribution in [3.05, 3.63) is 59.5 Å². The normalized spacial score (nSPS) is 17.8. The topological polar surface area (TPSA) is 57.5 Å². The Labute approximate surface area is 162 Å². The lowest BCUT2D eigenvalue weighted by molar-refractivity contribution is 0.180. The lowest BCUT2D eigenvalue weighted by atomic mass is 10.0. The number of hydrogen-bond acceptors (Lipinski definition) is 3. The van der Waals surface area contributed by atoms with Crippen LogP contribution in [0, 0.1) is 5.92 Å². The maximum atomic E-state index is 12.1. The van der Waals surface area contributed by atoms with Crippen molar-refractivity contribution in [2.45, 2.75) is 52.2 Å². The van der Waals surface area contributed by atoms with Crippen molar-refractivity contribution >= 4 is 6.03 Å². The van der Waals surface area contributed by atoms with Gasteiger partial charge < -0.3 is 15.1 Å². The van der Waals surface area contributed by atoms with Gasteiger partial charge in [0.05, 0.1) is 12.8 Å². The quantitative estimate of drug-likeness (QED) is 0.777. The molecule has 2 heterocycles. The number of carbonyl (C=O) groups is 1. The third-order valence-electron chi connectivity index (χ3n) is 4.92. The Morgan fingerprint density at radius 1 is 1.22 bits per heavy atom. The molecule has 1 aliphatic heterocycles. The van der Waals surface area contributed by atoms with Gasteiger partial charge in [0.15, 0.2) is 0 Å². The molecule has 1 unspecified atom stereocenters. The van der Waals surface area contributed by atoms with Crippen molar-refractivity contribution in [3.8, 4) is 0 Å². The van der Waals surface area contributed by atoms with Crippen LogP contribution in [0.15, 0.2) is 47.1 Å². The second-order valence-corrected chi connectivity index (χ2v) is 7.90. The zero-order chi connectivity index (χ0) is 19.1. The number of benzene rings is 1. The Morgan fingerprint density at radius 3 is 2.70 bits per heavy atom. The van der Waals surface area contributed by atoms with Crippen molar-refractivity contribution in [1.29, 1.82) is 0 Å². The Balaban J connectivity index is 1.43. The molecule has 2 aromatic rings. The standard InChI is InChI=1S/C22H31N3O2/c1-17(2)13-18-7-9-19(10-8-18)15-25-11-3-5-20(16-25)24-22(26)23-14-21-6-4-12-27-21/h4,6-10,12,17,20H,3,5,11,13-16H2,1-2H3,(H2,23,24,26). The van der Waals surface area contributed by atoms with E-state index in [2.05, 4.69) is 53.6 Å². The molecule has 0 bridgehead atoms. The summed E-state index contributed by atoms with van der Waals surface area (Å²) in [6.45, 7) is 7.83. The van der Waals surface area contributed by atoms with Crippen LogP contribution >= 0.6 is 0 Å². The van der Waals surface area contributed by atoms with Gasteiger partial charge in [0.2, 0.25) is 0 Å². The molecule has 1 fully saturated rings. The van der Waals surface area contributed by atoms with Gasteiger partial charge in [0, 0.05) is 19.1 Å². The lowest BCUT2D eigenvalue weighted by Crippen LogP contribution is -2.50. The average Bonchev–Trinajstić information content (AvgIpc) is 3.15. The number of nitrogens with one attached hydrogen (secondary N) is 2. The molecule has 1 atom stereocenters. The van der Waals surface area contributed by atoms with Crippen LogP contribution in [0.5, 0.6) is 0 Å². The predicted molar refractivity (Wildman–Crippen MR) is 107 cm³/mol. The minimum atomic E-state index is -0.128. The Morgan fingerprint density at radius 2 is 2.00 bits per heavy atom. The molecular formula is C22H31N3O2. The van der Waals surface area contributed by atoms with E-state index in [4.69, 9.17) is 4.42 Å². The molecule has 2 amide bonds. The van der Waals surface area contributed by atoms with Gasteiger partial charge in [-0.15, -0.1) is 0 Å². The van der Waals surface area contributed by atoms with E-state index in [0.717, 1.165) is 44.7 Å². The van der Waals surface area contributed by atoms with Crippen LogP contribution in [0.4, 0.5) is 4.79 Å². The van der Waals surface area contributed by atoms with Crippen LogP contribution in [0.25, 0.3) is 0 Å². The second kappa shape index (κ2) is 9.60. The minimum absolute atomic E-state index is 0.128. The zero-order valence-corrected chi connectivity index (χ0v) is 16.4. The fourth-order valence-electron chi connectivity index (χ4n) is 3.64. The maximum absolute atomic E-state index is 12.1. The van der Waals surface area contributed by atoms with E-state index in [1.54, 1.807) is 6.26 Å². The molecule has 0 spiro atoms. The van der Waals surface area contributed by atoms with Gasteiger partial charge in [-0.25, -0.2) is 4.79 Å². The molecular weight excluding hydrogens is 338 g/mol. The van der Waals surface area contributed by atoms with Crippen LogP contribution in [0.2, 0.25) is 0 Å². The fraction of sp³-hybridized carbons (Fsp3) is 0.500. The van der Waals surface area contributed by atoms with E-state index in [0.29, 0.717) is 12.5 Å². The highest BCUT2D eigenvalue weighted by Gasteiger charge is 2.21. The summed E-state index contributed by atoms with van der Waals surface area (Å²) in [5.41, 5.74) is 2.74. The lowest BCUT2D eigenvalue weighted by Gasteiger charge is -2.33. The summed E-state index contributed by atoms with van der Waals surface area (Å²) in [7, 11) is 0. The van der Waals surface area contributed by atoms with Crippen molar-refractivity contribution in [1.82, 2.24) is 15.5 Å². The highest BCUT2D eigenvalue weighted by molar-refractivity contribution is 5.74. The van der Waals surface area contributed by atoms with Crippen LogP contribution in [0.1, 0.15) is 43.6 Å². The minimum Gasteiger partial charge on any atom is -0.467 e. The van der Waals surface area contributed by atoms with Crippen molar-refractivity contribution in [3.63, 3.8) is 0 Å². The van der Waals surface area contributed by atoms with Crippen molar-refractivity contribution in [2.24, 2.45) is 5.92 Å². The number of hydrogen-bond donors (Lipinski definition) is 2. The first-order chi connectivity index (χ1) is 13.1. The number of likely N-dealkylation sites (tertiary alicyclic amines) is 1. The van der Waals surface area contributed by atoms with E-state index < -0.39 is 0 Å². The molecule has 1 aliphatic rings. The summed E-state index contributed by atoms with van der Waals surface area (Å²) in [6.07, 6.45) is 4.87. The molecule has 5 heteroatoms. The third-order valence-corrected chi connectivity index (χ3v) is 4.92. The molecule has 146 valence electrons. The summed E-state index contributed by atoms with van der Waals surface area (Å²) in [6, 6.07) is 12.7. The van der Waals surface area contributed by atoms with Crippen molar-refractivity contribution < 1.29 is 9.21 Å². The molecule has 0 aliphatic carbocycles. The first-order valence-electron chi connectivity index (χ1n) is 9.95. The van der Waals surface area contributed by atoms with Gasteiger partial charge in [0.25, 0.3) is 0 Å². The third kappa shape index (κ3) is 6.43. The largest absolute Gasteiger partial charge is 0.467 e. The molecule has 2 N–H and O–H groups in total. The van der Waals surface area contributed by atoms with E-state index in [9.17, 15) is 4.79 Å². The van der Waals surface area contributed by atoms with Crippen LogP contribution < -0.4 is 10.6 Å². The number of urea groups is 1. The summed E-state index contributed by atoms with van der Waals surface area (Å²) >= 11 is 0. The predicted octanol–water partition coefficient (Wildman–Crippen LogP) is 3.94. The summed E-state index contributed by atoms with van der Waals surface area (Å²) in [5, 5.41) is 5.95. The zero-order valence-electron chi connectivity index (χ0n) is 16.4. The van der Waals surface area contributed by atoms with Crippen LogP contribution in [0.3, 0.4) is 0 Å². The van der Waals surface area contributed by atoms with Gasteiger partial charge in [-0.05, 0) is 55.0 Å². The highest BCUT2D eigenvalue weighted by Crippen LogP contribution is 2.15. The summed E-state index contributed by atoms with van der Waals surface area (Å²) < 4.78 is 5.24. The Bertz CT molecular complexity index is 695. The number of nitrogens with zero attached hydrogens (tertiary/aromatic N) is 1. The molecule has 1 saturated heterocycles. The molecule has 3 rings (SSSR count). The fourth-order valence-corrected chi connectivity index (χ4v) is 3.64. The first-order valence-corrected chi connectivity index (χ1v) is 9.95. The van der Waals surface area contributed by atoms with E-state index >= 15 is 0 Å². The second-order valence-electron chi connectivity index (χ2n) is 7.90. The van der Waals surface area contributed by atoms with E-state index in [1.807, 2.05) is 12.1 Å². The molecule has 1 aromatic carbocycles. The smallest absolute Gasteiger partial charge is 0.315 e. The number of furan rings is 1. The van der Waals surface area contributed by atoms with Gasteiger partial charge >= 0.3 is 6.03 Å². The summed E-state index contributed by atoms with van der Waals surface area (Å²) in [5.74, 6) is 1.44. The summed E-state index contributed by atoms with van der Waals surface area (Å²) in [4.78, 5) is 14.5. The molecule has 1 aromatic heterocycles. The van der Waals surface area contributed by atoms with Crippen molar-refractivity contribution in [2.75, 3.05) is 13.1 Å². The molecule has 5 nitrogen and oxygen atoms in total. The van der Waals surface area contributed by atoms with Gasteiger partial charge in [-0.1, -0.05) is 38.1 Å². The SMILES string of the molecule is CC(C)Cc1ccc(CN2CCCC(NC(=O)NCc3ccco3)C2)cc1. The van der Waals surface area contributed by atoms with Gasteiger partial charge in [-0.3, -0.25) is 4.90 Å².